The third-order valence-electron chi connectivity index (χ3n) is 11.8. The van der Waals surface area contributed by atoms with Crippen molar-refractivity contribution in [3.63, 3.8) is 0 Å². The lowest BCUT2D eigenvalue weighted by atomic mass is 9.70. The Balaban J connectivity index is 1.05. The number of aliphatic imine (C=N–C) groups is 2. The molecule has 0 aromatic heterocycles. The van der Waals surface area contributed by atoms with Crippen molar-refractivity contribution in [2.24, 2.45) is 9.98 Å². The summed E-state index contributed by atoms with van der Waals surface area (Å²) in [5, 5.41) is 5.33. The van der Waals surface area contributed by atoms with Crippen LogP contribution in [0.1, 0.15) is 45.0 Å². The lowest BCUT2D eigenvalue weighted by molar-refractivity contribution is 0.275. The van der Waals surface area contributed by atoms with Crippen molar-refractivity contribution in [3.05, 3.63) is 209 Å². The van der Waals surface area contributed by atoms with Crippen LogP contribution in [0.25, 0.3) is 43.8 Å². The molecule has 0 saturated carbocycles. The Morgan fingerprint density at radius 1 is 0.462 bits per heavy atom. The summed E-state index contributed by atoms with van der Waals surface area (Å²) in [6.07, 6.45) is -0.292. The summed E-state index contributed by atoms with van der Waals surface area (Å²) in [7, 11) is 0. The molecule has 3 heteroatoms. The summed E-state index contributed by atoms with van der Waals surface area (Å²) in [5.41, 5.74) is 14.0. The van der Waals surface area contributed by atoms with Crippen LogP contribution in [0.2, 0.25) is 0 Å². The van der Waals surface area contributed by atoms with Gasteiger partial charge in [0.2, 0.25) is 0 Å². The topological polar surface area (TPSA) is 34.0 Å². The summed E-state index contributed by atoms with van der Waals surface area (Å²) in [6, 6.07) is 61.5. The highest BCUT2D eigenvalue weighted by molar-refractivity contribution is 6.19. The molecular weight excluding hydrogens is 633 g/mol. The molecule has 0 amide bonds. The van der Waals surface area contributed by atoms with E-state index < -0.39 is 0 Å². The van der Waals surface area contributed by atoms with Crippen molar-refractivity contribution >= 4 is 33.1 Å². The van der Waals surface area contributed by atoms with E-state index in [0.29, 0.717) is 0 Å². The van der Waals surface area contributed by atoms with Crippen molar-refractivity contribution in [2.75, 3.05) is 0 Å². The van der Waals surface area contributed by atoms with Gasteiger partial charge in [0.25, 0.3) is 0 Å². The van der Waals surface area contributed by atoms with E-state index in [1.54, 1.807) is 0 Å². The highest BCUT2D eigenvalue weighted by Gasteiger charge is 2.51. The number of para-hydroxylation sites is 1. The molecule has 0 N–H and O–H groups in total. The predicted molar refractivity (Wildman–Crippen MR) is 211 cm³/mol. The molecule has 3 nitrogen and oxygen atoms in total. The molecular formula is C49H30N2O. The standard InChI is InChI=1S/C49H30N2O/c1-2-10-29(11-3-1)30-20-24-33(25-21-30)45-47-46(36-15-5-7-19-42(36)52-47)51-48(50-45)34-26-27-39-37(28-34)35-14-4-6-16-38(35)49(39)40-17-8-12-31-22-23-32-13-9-18-41(49)44(32)43(31)40/h1-28,46-47H. The summed E-state index contributed by atoms with van der Waals surface area (Å²) in [6.45, 7) is 0. The van der Waals surface area contributed by atoms with Crippen molar-refractivity contribution in [2.45, 2.75) is 17.6 Å². The SMILES string of the molecule is c1ccc(-c2ccc(C3=NC(c4ccc5c(c4)-c4ccccc4C54c5cccc6ccc7cccc4c7c56)=NC4c5ccccc5OC34)cc2)cc1. The Kier molecular flexibility index (Phi) is 5.55. The quantitative estimate of drug-likeness (QED) is 0.173. The second-order valence-electron chi connectivity index (χ2n) is 14.3. The lowest BCUT2D eigenvalue weighted by Crippen LogP contribution is -2.34. The molecule has 8 aromatic carbocycles. The van der Waals surface area contributed by atoms with E-state index in [0.717, 1.165) is 34.0 Å². The highest BCUT2D eigenvalue weighted by Crippen LogP contribution is 2.62. The fraction of sp³-hybridized carbons (Fsp3) is 0.0612. The molecule has 0 saturated heterocycles. The molecule has 2 unspecified atom stereocenters. The van der Waals surface area contributed by atoms with Gasteiger partial charge in [0.05, 0.1) is 11.1 Å². The minimum atomic E-state index is -0.389. The minimum Gasteiger partial charge on any atom is -0.481 e. The first-order valence-corrected chi connectivity index (χ1v) is 18.1. The van der Waals surface area contributed by atoms with Crippen LogP contribution >= 0.6 is 0 Å². The molecule has 0 fully saturated rings. The normalized spacial score (nSPS) is 18.2. The van der Waals surface area contributed by atoms with Gasteiger partial charge in [-0.1, -0.05) is 158 Å². The van der Waals surface area contributed by atoms with E-state index in [1.165, 1.54) is 66.1 Å². The summed E-state index contributed by atoms with van der Waals surface area (Å²) in [4.78, 5) is 10.7. The van der Waals surface area contributed by atoms with E-state index in [9.17, 15) is 0 Å². The fourth-order valence-electron chi connectivity index (χ4n) is 9.64. The first-order chi connectivity index (χ1) is 25.8. The highest BCUT2D eigenvalue weighted by atomic mass is 16.5. The second kappa shape index (κ2) is 10.2. The van der Waals surface area contributed by atoms with Crippen LogP contribution < -0.4 is 4.74 Å². The third-order valence-corrected chi connectivity index (χ3v) is 11.8. The number of amidine groups is 1. The Morgan fingerprint density at radius 3 is 1.87 bits per heavy atom. The van der Waals surface area contributed by atoms with Gasteiger partial charge in [0.1, 0.15) is 11.8 Å². The van der Waals surface area contributed by atoms with Crippen molar-refractivity contribution in [1.82, 2.24) is 0 Å². The smallest absolute Gasteiger partial charge is 0.168 e. The molecule has 52 heavy (non-hydrogen) atoms. The van der Waals surface area contributed by atoms with Gasteiger partial charge < -0.3 is 4.74 Å². The zero-order valence-electron chi connectivity index (χ0n) is 28.1. The summed E-state index contributed by atoms with van der Waals surface area (Å²) < 4.78 is 6.61. The number of hydrogen-bond donors (Lipinski definition) is 0. The first-order valence-electron chi connectivity index (χ1n) is 18.1. The van der Waals surface area contributed by atoms with Crippen LogP contribution in [-0.2, 0) is 5.41 Å². The number of benzene rings is 8. The lowest BCUT2D eigenvalue weighted by Gasteiger charge is -2.31. The molecule has 242 valence electrons. The number of hydrogen-bond acceptors (Lipinski definition) is 3. The van der Waals surface area contributed by atoms with E-state index in [4.69, 9.17) is 14.7 Å². The van der Waals surface area contributed by atoms with Crippen molar-refractivity contribution in [3.8, 4) is 28.0 Å². The average Bonchev–Trinajstić information content (AvgIpc) is 3.85. The Hall–Kier alpha value is -6.58. The Morgan fingerprint density at radius 2 is 1.08 bits per heavy atom. The van der Waals surface area contributed by atoms with Crippen molar-refractivity contribution < 1.29 is 4.74 Å². The molecule has 4 aliphatic rings. The van der Waals surface area contributed by atoms with Gasteiger partial charge in [0, 0.05) is 11.1 Å². The maximum absolute atomic E-state index is 6.61. The van der Waals surface area contributed by atoms with Gasteiger partial charge in [0.15, 0.2) is 11.9 Å². The third kappa shape index (κ3) is 3.60. The predicted octanol–water partition coefficient (Wildman–Crippen LogP) is 11.1. The van der Waals surface area contributed by atoms with Crippen LogP contribution in [-0.4, -0.2) is 17.7 Å². The maximum Gasteiger partial charge on any atom is 0.168 e. The molecule has 2 aliphatic carbocycles. The maximum atomic E-state index is 6.61. The summed E-state index contributed by atoms with van der Waals surface area (Å²) >= 11 is 0. The van der Waals surface area contributed by atoms with Crippen LogP contribution in [0.3, 0.4) is 0 Å². The fourth-order valence-corrected chi connectivity index (χ4v) is 9.64. The number of fused-ring (bicyclic) bond motifs is 10. The van der Waals surface area contributed by atoms with Crippen LogP contribution in [0, 0.1) is 0 Å². The molecule has 2 atom stereocenters. The van der Waals surface area contributed by atoms with Crippen LogP contribution in [0.4, 0.5) is 0 Å². The molecule has 0 bridgehead atoms. The zero-order valence-corrected chi connectivity index (χ0v) is 28.1. The van der Waals surface area contributed by atoms with E-state index in [-0.39, 0.29) is 17.6 Å². The van der Waals surface area contributed by atoms with Crippen LogP contribution in [0.5, 0.6) is 5.75 Å². The molecule has 2 aliphatic heterocycles. The first kappa shape index (κ1) is 28.2. The molecule has 12 rings (SSSR count). The molecule has 2 heterocycles. The molecule has 8 aromatic rings. The zero-order chi connectivity index (χ0) is 34.0. The minimum absolute atomic E-state index is 0.182. The van der Waals surface area contributed by atoms with E-state index >= 15 is 0 Å². The van der Waals surface area contributed by atoms with Gasteiger partial charge in [-0.2, -0.15) is 0 Å². The monoisotopic (exact) mass is 662 g/mol. The van der Waals surface area contributed by atoms with Gasteiger partial charge in [-0.05, 0) is 83.7 Å². The number of ether oxygens (including phenoxy) is 1. The summed E-state index contributed by atoms with van der Waals surface area (Å²) in [5.74, 6) is 1.62. The van der Waals surface area contributed by atoms with E-state index in [2.05, 4.69) is 158 Å². The van der Waals surface area contributed by atoms with Gasteiger partial charge in [-0.25, -0.2) is 4.99 Å². The molecule has 1 spiro atoms. The van der Waals surface area contributed by atoms with Crippen molar-refractivity contribution in [1.29, 1.82) is 0 Å². The number of nitrogens with zero attached hydrogens (tertiary/aromatic N) is 2. The van der Waals surface area contributed by atoms with Gasteiger partial charge in [-0.15, -0.1) is 0 Å². The Labute approximate surface area is 301 Å². The largest absolute Gasteiger partial charge is 0.481 e. The Bertz CT molecular complexity index is 2820. The molecule has 0 radical (unpaired) electrons. The van der Waals surface area contributed by atoms with Crippen LogP contribution in [0.15, 0.2) is 180 Å². The van der Waals surface area contributed by atoms with E-state index in [1.807, 2.05) is 12.1 Å². The number of rotatable bonds is 3. The average molecular weight is 663 g/mol. The van der Waals surface area contributed by atoms with Gasteiger partial charge >= 0.3 is 0 Å². The van der Waals surface area contributed by atoms with Gasteiger partial charge in [-0.3, -0.25) is 4.99 Å². The second-order valence-corrected chi connectivity index (χ2v) is 14.3.